The largest absolute Gasteiger partial charge is 0.481 e. The second-order valence-electron chi connectivity index (χ2n) is 5.57. The van der Waals surface area contributed by atoms with E-state index in [0.29, 0.717) is 18.5 Å². The molecule has 1 unspecified atom stereocenters. The van der Waals surface area contributed by atoms with Gasteiger partial charge in [0.05, 0.1) is 6.42 Å². The molecular formula is C16H25NO2. The van der Waals surface area contributed by atoms with Crippen molar-refractivity contribution in [2.24, 2.45) is 5.92 Å². The molecule has 3 nitrogen and oxygen atoms in total. The molecule has 3 heteroatoms. The zero-order valence-corrected chi connectivity index (χ0v) is 12.3. The van der Waals surface area contributed by atoms with Gasteiger partial charge in [-0.1, -0.05) is 44.2 Å². The zero-order valence-electron chi connectivity index (χ0n) is 12.3. The van der Waals surface area contributed by atoms with Gasteiger partial charge < -0.3 is 5.11 Å². The predicted molar refractivity (Wildman–Crippen MR) is 78.1 cm³/mol. The Morgan fingerprint density at radius 3 is 2.16 bits per heavy atom. The molecule has 0 spiro atoms. The van der Waals surface area contributed by atoms with E-state index in [-0.39, 0.29) is 12.5 Å². The highest BCUT2D eigenvalue weighted by molar-refractivity contribution is 5.66. The molecule has 1 atom stereocenters. The predicted octanol–water partition coefficient (Wildman–Crippen LogP) is 3.57. The first-order valence-electron chi connectivity index (χ1n) is 6.96. The van der Waals surface area contributed by atoms with Crippen molar-refractivity contribution >= 4 is 5.97 Å². The SMILES string of the molecule is CC(C)C(c1ccccc1)N(CCC(=O)O)C(C)C. The molecular weight excluding hydrogens is 238 g/mol. The van der Waals surface area contributed by atoms with E-state index in [1.54, 1.807) is 0 Å². The highest BCUT2D eigenvalue weighted by Crippen LogP contribution is 2.30. The molecule has 1 aromatic rings. The van der Waals surface area contributed by atoms with E-state index in [4.69, 9.17) is 5.11 Å². The Bertz CT molecular complexity index is 387. The van der Waals surface area contributed by atoms with Crippen molar-refractivity contribution in [1.29, 1.82) is 0 Å². The van der Waals surface area contributed by atoms with Crippen LogP contribution in [-0.2, 0) is 4.79 Å². The van der Waals surface area contributed by atoms with Crippen molar-refractivity contribution in [3.63, 3.8) is 0 Å². The van der Waals surface area contributed by atoms with E-state index >= 15 is 0 Å². The van der Waals surface area contributed by atoms with Crippen LogP contribution in [0.1, 0.15) is 45.7 Å². The number of hydrogen-bond acceptors (Lipinski definition) is 2. The summed E-state index contributed by atoms with van der Waals surface area (Å²) in [6, 6.07) is 10.9. The molecule has 0 fully saturated rings. The maximum Gasteiger partial charge on any atom is 0.304 e. The summed E-state index contributed by atoms with van der Waals surface area (Å²) < 4.78 is 0. The fourth-order valence-electron chi connectivity index (χ4n) is 2.55. The van der Waals surface area contributed by atoms with E-state index < -0.39 is 5.97 Å². The molecule has 0 saturated heterocycles. The lowest BCUT2D eigenvalue weighted by atomic mass is 9.93. The van der Waals surface area contributed by atoms with Crippen LogP contribution in [0.5, 0.6) is 0 Å². The average molecular weight is 263 g/mol. The molecule has 106 valence electrons. The van der Waals surface area contributed by atoms with Crippen LogP contribution in [0.25, 0.3) is 0 Å². The van der Waals surface area contributed by atoms with Crippen molar-refractivity contribution in [3.05, 3.63) is 35.9 Å². The fraction of sp³-hybridized carbons (Fsp3) is 0.562. The third-order valence-electron chi connectivity index (χ3n) is 3.38. The Kier molecular flexibility index (Phi) is 6.03. The molecule has 0 aromatic heterocycles. The van der Waals surface area contributed by atoms with Gasteiger partial charge in [0.15, 0.2) is 0 Å². The molecule has 0 aliphatic heterocycles. The zero-order chi connectivity index (χ0) is 14.4. The van der Waals surface area contributed by atoms with Crippen LogP contribution in [0, 0.1) is 5.92 Å². The average Bonchev–Trinajstić information content (AvgIpc) is 2.34. The second-order valence-corrected chi connectivity index (χ2v) is 5.57. The molecule has 0 heterocycles. The first-order chi connectivity index (χ1) is 8.93. The van der Waals surface area contributed by atoms with Gasteiger partial charge in [-0.05, 0) is 25.3 Å². The highest BCUT2D eigenvalue weighted by Gasteiger charge is 2.25. The third-order valence-corrected chi connectivity index (χ3v) is 3.38. The van der Waals surface area contributed by atoms with Crippen LogP contribution >= 0.6 is 0 Å². The molecule has 0 amide bonds. The number of hydrogen-bond donors (Lipinski definition) is 1. The van der Waals surface area contributed by atoms with Gasteiger partial charge in [0.25, 0.3) is 0 Å². The van der Waals surface area contributed by atoms with E-state index in [2.05, 4.69) is 44.7 Å². The number of rotatable bonds is 7. The first kappa shape index (κ1) is 15.7. The van der Waals surface area contributed by atoms with Gasteiger partial charge in [0.2, 0.25) is 0 Å². The highest BCUT2D eigenvalue weighted by atomic mass is 16.4. The second kappa shape index (κ2) is 7.29. The van der Waals surface area contributed by atoms with Gasteiger partial charge in [0.1, 0.15) is 0 Å². The Morgan fingerprint density at radius 1 is 1.16 bits per heavy atom. The molecule has 0 saturated carbocycles. The van der Waals surface area contributed by atoms with Crippen LogP contribution in [0.2, 0.25) is 0 Å². The van der Waals surface area contributed by atoms with Crippen molar-refractivity contribution in [3.8, 4) is 0 Å². The molecule has 0 aliphatic carbocycles. The van der Waals surface area contributed by atoms with E-state index in [1.165, 1.54) is 5.56 Å². The molecule has 1 rings (SSSR count). The minimum Gasteiger partial charge on any atom is -0.481 e. The summed E-state index contributed by atoms with van der Waals surface area (Å²) in [5, 5.41) is 8.91. The molecule has 0 radical (unpaired) electrons. The maximum absolute atomic E-state index is 10.8. The lowest BCUT2D eigenvalue weighted by Gasteiger charge is -2.37. The Morgan fingerprint density at radius 2 is 1.74 bits per heavy atom. The molecule has 1 aromatic carbocycles. The van der Waals surface area contributed by atoms with Crippen molar-refractivity contribution in [2.45, 2.75) is 46.2 Å². The standard InChI is InChI=1S/C16H25NO2/c1-12(2)16(14-8-6-5-7-9-14)17(13(3)4)11-10-15(18)19/h5-9,12-13,16H,10-11H2,1-4H3,(H,18,19). The summed E-state index contributed by atoms with van der Waals surface area (Å²) >= 11 is 0. The maximum atomic E-state index is 10.8. The number of carbonyl (C=O) groups is 1. The molecule has 0 aliphatic rings. The summed E-state index contributed by atoms with van der Waals surface area (Å²) in [4.78, 5) is 13.1. The quantitative estimate of drug-likeness (QED) is 0.817. The number of carboxylic acid groups (broad SMARTS) is 1. The van der Waals surface area contributed by atoms with Gasteiger partial charge in [0, 0.05) is 18.6 Å². The number of aliphatic carboxylic acids is 1. The lowest BCUT2D eigenvalue weighted by Crippen LogP contribution is -2.38. The van der Waals surface area contributed by atoms with Crippen LogP contribution < -0.4 is 0 Å². The molecule has 0 bridgehead atoms. The van der Waals surface area contributed by atoms with Crippen molar-refractivity contribution in [2.75, 3.05) is 6.54 Å². The van der Waals surface area contributed by atoms with E-state index in [0.717, 1.165) is 0 Å². The van der Waals surface area contributed by atoms with Crippen molar-refractivity contribution < 1.29 is 9.90 Å². The van der Waals surface area contributed by atoms with Gasteiger partial charge in [-0.15, -0.1) is 0 Å². The lowest BCUT2D eigenvalue weighted by molar-refractivity contribution is -0.137. The topological polar surface area (TPSA) is 40.5 Å². The van der Waals surface area contributed by atoms with Gasteiger partial charge in [-0.3, -0.25) is 9.69 Å². The Hall–Kier alpha value is -1.35. The summed E-state index contributed by atoms with van der Waals surface area (Å²) in [6.45, 7) is 9.21. The molecule has 1 N–H and O–H groups in total. The first-order valence-corrected chi connectivity index (χ1v) is 6.96. The minimum atomic E-state index is -0.735. The summed E-state index contributed by atoms with van der Waals surface area (Å²) in [7, 11) is 0. The van der Waals surface area contributed by atoms with Gasteiger partial charge >= 0.3 is 5.97 Å². The third kappa shape index (κ3) is 4.67. The normalized spacial score (nSPS) is 13.2. The monoisotopic (exact) mass is 263 g/mol. The minimum absolute atomic E-state index is 0.189. The summed E-state index contributed by atoms with van der Waals surface area (Å²) in [5.41, 5.74) is 1.26. The smallest absolute Gasteiger partial charge is 0.304 e. The van der Waals surface area contributed by atoms with Crippen LogP contribution in [0.15, 0.2) is 30.3 Å². The Labute approximate surface area is 116 Å². The van der Waals surface area contributed by atoms with E-state index in [9.17, 15) is 4.79 Å². The van der Waals surface area contributed by atoms with Crippen LogP contribution in [-0.4, -0.2) is 28.6 Å². The van der Waals surface area contributed by atoms with Crippen LogP contribution in [0.3, 0.4) is 0 Å². The van der Waals surface area contributed by atoms with Gasteiger partial charge in [-0.2, -0.15) is 0 Å². The van der Waals surface area contributed by atoms with Gasteiger partial charge in [-0.25, -0.2) is 0 Å². The summed E-state index contributed by atoms with van der Waals surface area (Å²) in [6.07, 6.45) is 0.189. The van der Waals surface area contributed by atoms with Crippen molar-refractivity contribution in [1.82, 2.24) is 4.90 Å². The Balaban J connectivity index is 2.96. The number of carboxylic acids is 1. The fourth-order valence-corrected chi connectivity index (χ4v) is 2.55. The van der Waals surface area contributed by atoms with E-state index in [1.807, 2.05) is 18.2 Å². The van der Waals surface area contributed by atoms with Crippen LogP contribution in [0.4, 0.5) is 0 Å². The number of benzene rings is 1. The molecule has 19 heavy (non-hydrogen) atoms. The number of nitrogens with zero attached hydrogens (tertiary/aromatic N) is 1. The summed E-state index contributed by atoms with van der Waals surface area (Å²) in [5.74, 6) is -0.292.